The second kappa shape index (κ2) is 11.4. The first-order valence-electron chi connectivity index (χ1n) is 17.5. The van der Waals surface area contributed by atoms with Gasteiger partial charge in [-0.2, -0.15) is 0 Å². The largest absolute Gasteiger partial charge is 0.456 e. The van der Waals surface area contributed by atoms with E-state index in [2.05, 4.69) is 152 Å². The Bertz CT molecular complexity index is 3070. The summed E-state index contributed by atoms with van der Waals surface area (Å²) in [6, 6.07) is 55.5. The van der Waals surface area contributed by atoms with Gasteiger partial charge in [-0.05, 0) is 93.9 Å². The van der Waals surface area contributed by atoms with Gasteiger partial charge in [0.15, 0.2) is 0 Å². The van der Waals surface area contributed by atoms with E-state index in [4.69, 9.17) is 4.42 Å². The summed E-state index contributed by atoms with van der Waals surface area (Å²) in [5.74, 6) is 0.220. The van der Waals surface area contributed by atoms with Crippen LogP contribution in [-0.2, 0) is 0 Å². The second-order valence-electron chi connectivity index (χ2n) is 13.6. The van der Waals surface area contributed by atoms with Crippen LogP contribution >= 0.6 is 22.7 Å². The first-order chi connectivity index (χ1) is 25.2. The van der Waals surface area contributed by atoms with Crippen molar-refractivity contribution in [2.75, 3.05) is 0 Å². The van der Waals surface area contributed by atoms with Crippen LogP contribution in [0.1, 0.15) is 29.0 Å². The standard InChI is InChI=1S/C48H30OS2/c1-4-17-41-37(12-1)38-23-22-31(28-42(38)49-41)29-10-7-11-30(24-29)32-25-33(35-15-8-20-45-47(35)39-13-2-5-18-43(39)50-45)27-34(26-32)36-16-9-21-46-48(36)40-14-3-6-19-44(40)51-46/h1-26,28,33H,27H2. The van der Waals surface area contributed by atoms with E-state index >= 15 is 0 Å². The Kier molecular flexibility index (Phi) is 6.49. The van der Waals surface area contributed by atoms with Crippen LogP contribution in [0.2, 0.25) is 0 Å². The molecule has 0 amide bonds. The Morgan fingerprint density at radius 2 is 1.10 bits per heavy atom. The fourth-order valence-electron chi connectivity index (χ4n) is 8.31. The molecular formula is C48H30OS2. The van der Waals surface area contributed by atoms with Crippen molar-refractivity contribution in [2.24, 2.45) is 0 Å². The molecule has 0 bridgehead atoms. The van der Waals surface area contributed by atoms with E-state index in [9.17, 15) is 0 Å². The molecule has 7 aromatic carbocycles. The number of para-hydroxylation sites is 1. The van der Waals surface area contributed by atoms with Gasteiger partial charge in [0.2, 0.25) is 0 Å². The third kappa shape index (κ3) is 4.66. The van der Waals surface area contributed by atoms with Crippen molar-refractivity contribution >= 4 is 96.1 Å². The molecule has 1 aliphatic rings. The molecule has 3 heterocycles. The highest BCUT2D eigenvalue weighted by atomic mass is 32.1. The van der Waals surface area contributed by atoms with E-state index in [1.807, 2.05) is 34.8 Å². The van der Waals surface area contributed by atoms with Crippen molar-refractivity contribution in [3.8, 4) is 11.1 Å². The van der Waals surface area contributed by atoms with Gasteiger partial charge in [0.25, 0.3) is 0 Å². The number of benzene rings is 7. The van der Waals surface area contributed by atoms with Crippen LogP contribution < -0.4 is 0 Å². The molecule has 0 saturated heterocycles. The van der Waals surface area contributed by atoms with Crippen molar-refractivity contribution in [3.63, 3.8) is 0 Å². The molecular weight excluding hydrogens is 657 g/mol. The summed E-state index contributed by atoms with van der Waals surface area (Å²) in [4.78, 5) is 0. The minimum atomic E-state index is 0.220. The fraction of sp³-hybridized carbons (Fsp3) is 0.0417. The molecule has 1 unspecified atom stereocenters. The predicted octanol–water partition coefficient (Wildman–Crippen LogP) is 14.6. The molecule has 0 aliphatic heterocycles. The SMILES string of the molecule is C1=C(c2cccc(-c3ccc4c(c3)oc3ccccc34)c2)C=C(c2cccc3sc4ccccc4c23)CC1c1cccc2sc3ccccc3c12. The van der Waals surface area contributed by atoms with Crippen molar-refractivity contribution in [1.82, 2.24) is 0 Å². The molecule has 3 heteroatoms. The number of hydrogen-bond acceptors (Lipinski definition) is 3. The first-order valence-corrected chi connectivity index (χ1v) is 19.1. The second-order valence-corrected chi connectivity index (χ2v) is 15.8. The molecule has 51 heavy (non-hydrogen) atoms. The summed E-state index contributed by atoms with van der Waals surface area (Å²) in [6.45, 7) is 0. The molecule has 240 valence electrons. The highest BCUT2D eigenvalue weighted by Crippen LogP contribution is 2.47. The van der Waals surface area contributed by atoms with Gasteiger partial charge >= 0.3 is 0 Å². The van der Waals surface area contributed by atoms with Crippen molar-refractivity contribution < 1.29 is 4.42 Å². The number of thiophene rings is 2. The number of allylic oxidation sites excluding steroid dienone is 4. The van der Waals surface area contributed by atoms with E-state index in [-0.39, 0.29) is 5.92 Å². The summed E-state index contributed by atoms with van der Waals surface area (Å²) < 4.78 is 11.7. The maximum Gasteiger partial charge on any atom is 0.136 e. The molecule has 1 nitrogen and oxygen atoms in total. The van der Waals surface area contributed by atoms with Crippen LogP contribution in [0.5, 0.6) is 0 Å². The van der Waals surface area contributed by atoms with E-state index in [1.54, 1.807) is 0 Å². The molecule has 0 radical (unpaired) electrons. The highest BCUT2D eigenvalue weighted by Gasteiger charge is 2.24. The average Bonchev–Trinajstić information content (AvgIpc) is 3.88. The zero-order chi connectivity index (χ0) is 33.5. The average molecular weight is 687 g/mol. The van der Waals surface area contributed by atoms with Gasteiger partial charge < -0.3 is 4.42 Å². The molecule has 1 atom stereocenters. The quantitative estimate of drug-likeness (QED) is 0.180. The molecule has 0 spiro atoms. The van der Waals surface area contributed by atoms with Crippen LogP contribution in [0.15, 0.2) is 168 Å². The van der Waals surface area contributed by atoms with Crippen molar-refractivity contribution in [2.45, 2.75) is 12.3 Å². The van der Waals surface area contributed by atoms with Crippen LogP contribution in [0.4, 0.5) is 0 Å². The smallest absolute Gasteiger partial charge is 0.136 e. The van der Waals surface area contributed by atoms with Gasteiger partial charge in [-0.3, -0.25) is 0 Å². The Morgan fingerprint density at radius 1 is 0.471 bits per heavy atom. The van der Waals surface area contributed by atoms with Crippen LogP contribution in [0, 0.1) is 0 Å². The maximum absolute atomic E-state index is 6.29. The lowest BCUT2D eigenvalue weighted by Gasteiger charge is -2.25. The molecule has 0 saturated carbocycles. The van der Waals surface area contributed by atoms with Crippen LogP contribution in [-0.4, -0.2) is 0 Å². The molecule has 1 aliphatic carbocycles. The van der Waals surface area contributed by atoms with E-state index in [0.717, 1.165) is 33.9 Å². The highest BCUT2D eigenvalue weighted by molar-refractivity contribution is 7.26. The first kappa shape index (κ1) is 29.0. The minimum absolute atomic E-state index is 0.220. The van der Waals surface area contributed by atoms with Crippen molar-refractivity contribution in [1.29, 1.82) is 0 Å². The van der Waals surface area contributed by atoms with Gasteiger partial charge in [0.05, 0.1) is 0 Å². The summed E-state index contributed by atoms with van der Waals surface area (Å²) in [5, 5.41) is 7.78. The number of rotatable bonds is 4. The summed E-state index contributed by atoms with van der Waals surface area (Å²) in [6.07, 6.45) is 5.93. The monoisotopic (exact) mass is 686 g/mol. The minimum Gasteiger partial charge on any atom is -0.456 e. The van der Waals surface area contributed by atoms with Gasteiger partial charge in [-0.1, -0.05) is 115 Å². The fourth-order valence-corrected chi connectivity index (χ4v) is 10.6. The summed E-state index contributed by atoms with van der Waals surface area (Å²) >= 11 is 3.79. The summed E-state index contributed by atoms with van der Waals surface area (Å²) in [5.41, 5.74) is 10.8. The lowest BCUT2D eigenvalue weighted by atomic mass is 9.79. The van der Waals surface area contributed by atoms with Crippen molar-refractivity contribution in [3.05, 3.63) is 181 Å². The topological polar surface area (TPSA) is 13.1 Å². The number of fused-ring (bicyclic) bond motifs is 9. The lowest BCUT2D eigenvalue weighted by Crippen LogP contribution is -2.05. The van der Waals surface area contributed by atoms with Crippen LogP contribution in [0.25, 0.3) is 84.6 Å². The van der Waals surface area contributed by atoms with Gasteiger partial charge in [0, 0.05) is 57.0 Å². The normalized spacial score (nSPS) is 15.0. The Morgan fingerprint density at radius 3 is 1.94 bits per heavy atom. The zero-order valence-corrected chi connectivity index (χ0v) is 29.2. The van der Waals surface area contributed by atoms with E-state index in [1.165, 1.54) is 73.7 Å². The van der Waals surface area contributed by atoms with Gasteiger partial charge in [-0.25, -0.2) is 0 Å². The Labute approximate surface area is 303 Å². The van der Waals surface area contributed by atoms with Crippen LogP contribution in [0.3, 0.4) is 0 Å². The molecule has 10 aromatic rings. The van der Waals surface area contributed by atoms with Gasteiger partial charge in [0.1, 0.15) is 11.2 Å². The molecule has 0 fully saturated rings. The zero-order valence-electron chi connectivity index (χ0n) is 27.6. The van der Waals surface area contributed by atoms with E-state index < -0.39 is 0 Å². The van der Waals surface area contributed by atoms with Gasteiger partial charge in [-0.15, -0.1) is 22.7 Å². The maximum atomic E-state index is 6.29. The summed E-state index contributed by atoms with van der Waals surface area (Å²) in [7, 11) is 0. The molecule has 3 aromatic heterocycles. The predicted molar refractivity (Wildman–Crippen MR) is 221 cm³/mol. The number of furan rings is 1. The van der Waals surface area contributed by atoms with E-state index in [0.29, 0.717) is 0 Å². The Balaban J connectivity index is 1.10. The third-order valence-electron chi connectivity index (χ3n) is 10.6. The lowest BCUT2D eigenvalue weighted by molar-refractivity contribution is 0.669. The molecule has 0 N–H and O–H groups in total. The number of hydrogen-bond donors (Lipinski definition) is 0. The molecule has 11 rings (SSSR count). The third-order valence-corrected chi connectivity index (χ3v) is 12.9. The Hall–Kier alpha value is -5.74.